The fourth-order valence-corrected chi connectivity index (χ4v) is 4.18. The van der Waals surface area contributed by atoms with Crippen molar-refractivity contribution in [2.45, 2.75) is 38.2 Å². The van der Waals surface area contributed by atoms with Crippen LogP contribution in [0.5, 0.6) is 11.5 Å². The normalized spacial score (nSPS) is 16.8. The predicted molar refractivity (Wildman–Crippen MR) is 120 cm³/mol. The third-order valence-electron chi connectivity index (χ3n) is 5.93. The number of aryl methyl sites for hydroxylation is 1. The van der Waals surface area contributed by atoms with Gasteiger partial charge in [0.25, 0.3) is 0 Å². The summed E-state index contributed by atoms with van der Waals surface area (Å²) in [6.07, 6.45) is -7.28. The fourth-order valence-electron chi connectivity index (χ4n) is 4.18. The zero-order valence-electron chi connectivity index (χ0n) is 19.1. The van der Waals surface area contributed by atoms with Crippen molar-refractivity contribution in [2.75, 3.05) is 6.61 Å². The van der Waals surface area contributed by atoms with Gasteiger partial charge in [0.15, 0.2) is 35.5 Å². The largest absolute Gasteiger partial charge is 0.491 e. The van der Waals surface area contributed by atoms with Gasteiger partial charge >= 0.3 is 6.11 Å². The molecule has 0 heterocycles. The molecule has 3 aromatic carbocycles. The number of hydrogen-bond donors (Lipinski definition) is 0. The van der Waals surface area contributed by atoms with E-state index in [0.29, 0.717) is 12.5 Å². The van der Waals surface area contributed by atoms with Crippen molar-refractivity contribution in [3.63, 3.8) is 0 Å². The van der Waals surface area contributed by atoms with Gasteiger partial charge in [-0.3, -0.25) is 0 Å². The Hall–Kier alpha value is -3.49. The Morgan fingerprint density at radius 2 is 1.47 bits per heavy atom. The minimum Gasteiger partial charge on any atom is -0.491 e. The van der Waals surface area contributed by atoms with E-state index in [1.807, 2.05) is 0 Å². The molecule has 0 saturated carbocycles. The maximum atomic E-state index is 15.2. The highest BCUT2D eigenvalue weighted by molar-refractivity contribution is 5.76. The second kappa shape index (κ2) is 9.87. The van der Waals surface area contributed by atoms with E-state index in [2.05, 4.69) is 11.3 Å². The van der Waals surface area contributed by atoms with Crippen LogP contribution in [0.2, 0.25) is 0 Å². The number of benzene rings is 3. The number of halogens is 7. The SMILES string of the molecule is C=CCCc1ccc(C(F)(F)Oc2ccc3c(c2F)C(F)C(F)c2c-3ccc(OCC)c2F)cc1F. The van der Waals surface area contributed by atoms with Crippen LogP contribution in [-0.4, -0.2) is 6.61 Å². The third kappa shape index (κ3) is 4.42. The first kappa shape index (κ1) is 25.6. The van der Waals surface area contributed by atoms with Crippen LogP contribution in [0.25, 0.3) is 11.1 Å². The van der Waals surface area contributed by atoms with Crippen molar-refractivity contribution in [2.24, 2.45) is 0 Å². The molecule has 0 N–H and O–H groups in total. The van der Waals surface area contributed by atoms with Crippen molar-refractivity contribution < 1.29 is 40.2 Å². The Kier molecular flexibility index (Phi) is 7.02. The standard InChI is InChI=1S/C27H21F7O2/c1-3-5-6-14-7-8-15(13-18(14)28)27(33,34)36-20-12-10-17-16-9-11-19(35-4-2)23(29)21(16)25(31)26(32)22(17)24(20)30/h3,7-13,25-26H,1,4-6H2,2H3. The molecule has 3 aromatic rings. The second-order valence-corrected chi connectivity index (χ2v) is 8.17. The number of fused-ring (bicyclic) bond motifs is 3. The molecule has 0 amide bonds. The smallest absolute Gasteiger partial charge is 0.426 e. The van der Waals surface area contributed by atoms with Crippen LogP contribution in [0, 0.1) is 17.5 Å². The summed E-state index contributed by atoms with van der Waals surface area (Å²) in [7, 11) is 0. The van der Waals surface area contributed by atoms with Crippen molar-refractivity contribution >= 4 is 0 Å². The molecule has 9 heteroatoms. The third-order valence-corrected chi connectivity index (χ3v) is 5.93. The van der Waals surface area contributed by atoms with E-state index in [1.165, 1.54) is 12.1 Å². The number of alkyl halides is 4. The summed E-state index contributed by atoms with van der Waals surface area (Å²) >= 11 is 0. The lowest BCUT2D eigenvalue weighted by atomic mass is 9.82. The predicted octanol–water partition coefficient (Wildman–Crippen LogP) is 8.45. The average molecular weight is 510 g/mol. The highest BCUT2D eigenvalue weighted by Crippen LogP contribution is 2.52. The first-order chi connectivity index (χ1) is 17.1. The monoisotopic (exact) mass is 510 g/mol. The van der Waals surface area contributed by atoms with Crippen molar-refractivity contribution in [3.8, 4) is 22.6 Å². The van der Waals surface area contributed by atoms with Gasteiger partial charge in [0.2, 0.25) is 0 Å². The number of ether oxygens (including phenoxy) is 2. The van der Waals surface area contributed by atoms with E-state index < -0.39 is 58.3 Å². The molecule has 1 aliphatic carbocycles. The van der Waals surface area contributed by atoms with E-state index in [4.69, 9.17) is 4.74 Å². The average Bonchev–Trinajstić information content (AvgIpc) is 2.84. The molecule has 2 atom stereocenters. The van der Waals surface area contributed by atoms with Crippen LogP contribution in [0.3, 0.4) is 0 Å². The maximum Gasteiger partial charge on any atom is 0.426 e. The molecule has 1 aliphatic rings. The first-order valence-electron chi connectivity index (χ1n) is 11.1. The molecule has 36 heavy (non-hydrogen) atoms. The van der Waals surface area contributed by atoms with Gasteiger partial charge in [0.1, 0.15) is 5.82 Å². The summed E-state index contributed by atoms with van der Waals surface area (Å²) in [6, 6.07) is 6.94. The molecule has 0 spiro atoms. The van der Waals surface area contributed by atoms with Crippen LogP contribution in [0.15, 0.2) is 55.1 Å². The van der Waals surface area contributed by atoms with Crippen molar-refractivity contribution in [1.82, 2.24) is 0 Å². The molecular weight excluding hydrogens is 489 g/mol. The van der Waals surface area contributed by atoms with Gasteiger partial charge in [0.05, 0.1) is 12.2 Å². The lowest BCUT2D eigenvalue weighted by Crippen LogP contribution is -2.24. The Morgan fingerprint density at radius 3 is 2.03 bits per heavy atom. The number of allylic oxidation sites excluding steroid dienone is 1. The molecule has 4 rings (SSSR count). The zero-order chi connectivity index (χ0) is 26.2. The van der Waals surface area contributed by atoms with Crippen LogP contribution >= 0.6 is 0 Å². The minimum absolute atomic E-state index is 0.0767. The van der Waals surface area contributed by atoms with Gasteiger partial charge in [-0.25, -0.2) is 22.0 Å². The van der Waals surface area contributed by atoms with Crippen LogP contribution in [0.1, 0.15) is 47.9 Å². The summed E-state index contributed by atoms with van der Waals surface area (Å²) in [5.41, 5.74) is -2.58. The minimum atomic E-state index is -4.20. The van der Waals surface area contributed by atoms with Crippen molar-refractivity contribution in [1.29, 1.82) is 0 Å². The summed E-state index contributed by atoms with van der Waals surface area (Å²) in [5, 5.41) is 0. The molecule has 190 valence electrons. The van der Waals surface area contributed by atoms with Gasteiger partial charge in [0, 0.05) is 11.1 Å². The molecule has 0 fully saturated rings. The molecule has 0 bridgehead atoms. The van der Waals surface area contributed by atoms with E-state index in [-0.39, 0.29) is 35.5 Å². The van der Waals surface area contributed by atoms with Gasteiger partial charge in [-0.15, -0.1) is 6.58 Å². The Morgan fingerprint density at radius 1 is 0.889 bits per heavy atom. The summed E-state index contributed by atoms with van der Waals surface area (Å²) < 4.78 is 113. The topological polar surface area (TPSA) is 18.5 Å². The van der Waals surface area contributed by atoms with Gasteiger partial charge < -0.3 is 9.47 Å². The fraction of sp³-hybridized carbons (Fsp3) is 0.259. The number of rotatable bonds is 8. The van der Waals surface area contributed by atoms with E-state index in [1.54, 1.807) is 13.0 Å². The highest BCUT2D eigenvalue weighted by atomic mass is 19.3. The van der Waals surface area contributed by atoms with E-state index in [0.717, 1.165) is 24.3 Å². The molecule has 0 radical (unpaired) electrons. The van der Waals surface area contributed by atoms with E-state index in [9.17, 15) is 22.0 Å². The van der Waals surface area contributed by atoms with E-state index >= 15 is 8.78 Å². The van der Waals surface area contributed by atoms with Crippen molar-refractivity contribution in [3.05, 3.63) is 94.8 Å². The van der Waals surface area contributed by atoms with Crippen LogP contribution in [0.4, 0.5) is 30.7 Å². The molecular formula is C27H21F7O2. The molecule has 0 aliphatic heterocycles. The van der Waals surface area contributed by atoms with Crippen LogP contribution in [-0.2, 0) is 12.5 Å². The van der Waals surface area contributed by atoms with Crippen LogP contribution < -0.4 is 9.47 Å². The Bertz CT molecular complexity index is 1310. The van der Waals surface area contributed by atoms with Gasteiger partial charge in [-0.1, -0.05) is 24.3 Å². The lowest BCUT2D eigenvalue weighted by molar-refractivity contribution is -0.187. The Labute approximate surface area is 203 Å². The highest BCUT2D eigenvalue weighted by Gasteiger charge is 2.42. The quantitative estimate of drug-likeness (QED) is 0.224. The molecule has 2 unspecified atom stereocenters. The van der Waals surface area contributed by atoms with Gasteiger partial charge in [-0.05, 0) is 60.7 Å². The first-order valence-corrected chi connectivity index (χ1v) is 11.1. The summed E-state index contributed by atoms with van der Waals surface area (Å²) in [4.78, 5) is 0. The lowest BCUT2D eigenvalue weighted by Gasteiger charge is -2.29. The zero-order valence-corrected chi connectivity index (χ0v) is 19.1. The molecule has 2 nitrogen and oxygen atoms in total. The summed E-state index contributed by atoms with van der Waals surface area (Å²) in [5.74, 6) is -4.96. The molecule has 0 aromatic heterocycles. The maximum absolute atomic E-state index is 15.2. The number of hydrogen-bond acceptors (Lipinski definition) is 2. The molecule has 0 saturated heterocycles. The Balaban J connectivity index is 1.71. The summed E-state index contributed by atoms with van der Waals surface area (Å²) in [6.45, 7) is 5.17. The second-order valence-electron chi connectivity index (χ2n) is 8.17. The van der Waals surface area contributed by atoms with Gasteiger partial charge in [-0.2, -0.15) is 8.78 Å².